The van der Waals surface area contributed by atoms with Crippen molar-refractivity contribution in [2.45, 2.75) is 74.9 Å². The number of carbonyl (C=O) groups excluding carboxylic acids is 2. The van der Waals surface area contributed by atoms with Gasteiger partial charge in [0.05, 0.1) is 11.4 Å². The Balaban J connectivity index is 1.17. The number of nitrogens with zero attached hydrogens (tertiary/aromatic N) is 1. The molecular weight excluding hydrogens is 540 g/mol. The summed E-state index contributed by atoms with van der Waals surface area (Å²) in [5, 5.41) is 7.06. The van der Waals surface area contributed by atoms with Crippen LogP contribution in [0.5, 0.6) is 0 Å². The smallest absolute Gasteiger partial charge is 0.263 e. The zero-order chi connectivity index (χ0) is 27.3. The largest absolute Gasteiger partial charge is 0.345 e. The van der Waals surface area contributed by atoms with Crippen LogP contribution in [0.4, 0.5) is 10.8 Å². The molecule has 0 unspecified atom stereocenters. The molecule has 0 spiro atoms. The number of benzene rings is 1. The lowest BCUT2D eigenvalue weighted by Gasteiger charge is -2.36. The van der Waals surface area contributed by atoms with Gasteiger partial charge in [-0.05, 0) is 52.0 Å². The first-order valence-electron chi connectivity index (χ1n) is 11.8. The zero-order valence-electron chi connectivity index (χ0n) is 21.0. The summed E-state index contributed by atoms with van der Waals surface area (Å²) < 4.78 is 56.8. The van der Waals surface area contributed by atoms with E-state index in [-0.39, 0.29) is 16.6 Å². The topological polar surface area (TPSA) is 163 Å². The van der Waals surface area contributed by atoms with Crippen molar-refractivity contribution in [2.75, 3.05) is 16.6 Å². The first kappa shape index (κ1) is 26.9. The van der Waals surface area contributed by atoms with Crippen molar-refractivity contribution in [3.8, 4) is 0 Å². The van der Waals surface area contributed by atoms with Crippen molar-refractivity contribution in [2.24, 2.45) is 0 Å². The lowest BCUT2D eigenvalue weighted by molar-refractivity contribution is -0.231. The predicted octanol–water partition coefficient (Wildman–Crippen LogP) is 1.40. The number of hydrogen-bond donors (Lipinski definition) is 3. The van der Waals surface area contributed by atoms with E-state index in [1.807, 2.05) is 0 Å². The van der Waals surface area contributed by atoms with E-state index in [4.69, 9.17) is 23.7 Å². The van der Waals surface area contributed by atoms with Crippen LogP contribution >= 0.6 is 11.3 Å². The number of carbonyl (C=O) groups is 2. The average Bonchev–Trinajstić information content (AvgIpc) is 3.52. The maximum absolute atomic E-state index is 13.0. The lowest BCUT2D eigenvalue weighted by atomic mass is 9.98. The number of aromatic nitrogens is 1. The predicted molar refractivity (Wildman–Crippen MR) is 134 cm³/mol. The Morgan fingerprint density at radius 1 is 0.974 bits per heavy atom. The van der Waals surface area contributed by atoms with Gasteiger partial charge in [0.2, 0.25) is 5.91 Å². The van der Waals surface area contributed by atoms with Gasteiger partial charge in [-0.1, -0.05) is 0 Å². The highest BCUT2D eigenvalue weighted by molar-refractivity contribution is 7.93. The first-order chi connectivity index (χ1) is 17.8. The second-order valence-electron chi connectivity index (χ2n) is 9.82. The molecule has 3 aliphatic heterocycles. The second kappa shape index (κ2) is 9.82. The van der Waals surface area contributed by atoms with Crippen molar-refractivity contribution in [1.82, 2.24) is 10.3 Å². The van der Waals surface area contributed by atoms with Crippen LogP contribution < -0.4 is 15.4 Å². The average molecular weight is 569 g/mol. The number of ether oxygens (including phenoxy) is 5. The molecule has 206 valence electrons. The molecule has 3 saturated heterocycles. The summed E-state index contributed by atoms with van der Waals surface area (Å²) in [4.78, 5) is 29.4. The molecule has 3 fully saturated rings. The SMILES string of the molecule is CC1(C)O[C@H]2[C@@H](O1)[C@H](C(=O)NCC(=O)Nc1ccc(S(=O)(=O)Nc3nccs3)cc1)O[C@@H]1OC(C)(C)O[C@@H]12. The quantitative estimate of drug-likeness (QED) is 0.445. The highest BCUT2D eigenvalue weighted by Crippen LogP contribution is 2.44. The fourth-order valence-corrected chi connectivity index (χ4v) is 6.25. The second-order valence-corrected chi connectivity index (χ2v) is 12.4. The van der Waals surface area contributed by atoms with Crippen molar-refractivity contribution in [1.29, 1.82) is 0 Å². The highest BCUT2D eigenvalue weighted by atomic mass is 32.2. The van der Waals surface area contributed by atoms with Gasteiger partial charge in [0.25, 0.3) is 15.9 Å². The molecular formula is C23H28N4O9S2. The van der Waals surface area contributed by atoms with Gasteiger partial charge < -0.3 is 34.3 Å². The molecule has 3 aliphatic rings. The van der Waals surface area contributed by atoms with Crippen LogP contribution in [0.3, 0.4) is 0 Å². The van der Waals surface area contributed by atoms with E-state index in [2.05, 4.69) is 20.3 Å². The maximum atomic E-state index is 13.0. The van der Waals surface area contributed by atoms with Crippen LogP contribution in [0.15, 0.2) is 40.7 Å². The third-order valence-electron chi connectivity index (χ3n) is 5.94. The lowest BCUT2D eigenvalue weighted by Crippen LogP contribution is -2.59. The summed E-state index contributed by atoms with van der Waals surface area (Å²) >= 11 is 1.15. The maximum Gasteiger partial charge on any atom is 0.263 e. The van der Waals surface area contributed by atoms with Crippen LogP contribution in [0, 0.1) is 0 Å². The molecule has 5 atom stereocenters. The Labute approximate surface area is 223 Å². The van der Waals surface area contributed by atoms with E-state index in [1.54, 1.807) is 33.1 Å². The third-order valence-corrected chi connectivity index (χ3v) is 8.11. The molecule has 38 heavy (non-hydrogen) atoms. The van der Waals surface area contributed by atoms with Crippen LogP contribution in [-0.4, -0.2) is 74.0 Å². The fourth-order valence-electron chi connectivity index (χ4n) is 4.46. The van der Waals surface area contributed by atoms with Crippen molar-refractivity contribution in [3.05, 3.63) is 35.8 Å². The molecule has 1 aromatic carbocycles. The van der Waals surface area contributed by atoms with Crippen LogP contribution in [0.25, 0.3) is 0 Å². The Hall–Kier alpha value is -2.66. The fraction of sp³-hybridized carbons (Fsp3) is 0.522. The van der Waals surface area contributed by atoms with E-state index in [0.717, 1.165) is 11.3 Å². The number of hydrogen-bond acceptors (Lipinski definition) is 11. The monoisotopic (exact) mass is 568 g/mol. The van der Waals surface area contributed by atoms with Crippen LogP contribution in [0.2, 0.25) is 0 Å². The van der Waals surface area contributed by atoms with Crippen LogP contribution in [0.1, 0.15) is 27.7 Å². The summed E-state index contributed by atoms with van der Waals surface area (Å²) in [6, 6.07) is 5.58. The van der Waals surface area contributed by atoms with Gasteiger partial charge >= 0.3 is 0 Å². The Kier molecular flexibility index (Phi) is 6.96. The molecule has 5 rings (SSSR count). The zero-order valence-corrected chi connectivity index (χ0v) is 22.6. The third kappa shape index (κ3) is 5.68. The molecule has 1 aromatic heterocycles. The van der Waals surface area contributed by atoms with Gasteiger partial charge in [-0.15, -0.1) is 11.3 Å². The molecule has 15 heteroatoms. The van der Waals surface area contributed by atoms with Crippen molar-refractivity contribution < 1.29 is 41.7 Å². The highest BCUT2D eigenvalue weighted by Gasteiger charge is 2.62. The summed E-state index contributed by atoms with van der Waals surface area (Å²) in [6.45, 7) is 6.58. The van der Waals surface area contributed by atoms with E-state index in [0.29, 0.717) is 5.69 Å². The Morgan fingerprint density at radius 2 is 1.63 bits per heavy atom. The minimum Gasteiger partial charge on any atom is -0.345 e. The van der Waals surface area contributed by atoms with Crippen molar-refractivity contribution in [3.63, 3.8) is 0 Å². The Bertz CT molecular complexity index is 1300. The van der Waals surface area contributed by atoms with E-state index in [1.165, 1.54) is 30.5 Å². The number of rotatable bonds is 7. The summed E-state index contributed by atoms with van der Waals surface area (Å²) in [6.07, 6.45) is -2.39. The molecule has 0 bridgehead atoms. The van der Waals surface area contributed by atoms with E-state index >= 15 is 0 Å². The summed E-state index contributed by atoms with van der Waals surface area (Å²) in [5.41, 5.74) is 0.349. The molecule has 0 aliphatic carbocycles. The molecule has 13 nitrogen and oxygen atoms in total. The number of thiazole rings is 1. The number of anilines is 2. The van der Waals surface area contributed by atoms with Gasteiger partial charge in [0.15, 0.2) is 29.1 Å². The van der Waals surface area contributed by atoms with Gasteiger partial charge in [-0.3, -0.25) is 14.3 Å². The standard InChI is InChI=1S/C23H28N4O9S2/c1-22(2)33-15-16(34-22)18-20(36-23(3,4)35-18)32-17(15)19(29)25-11-14(28)26-12-5-7-13(8-6-12)38(30,31)27-21-24-9-10-37-21/h5-10,15-18,20H,11H2,1-4H3,(H,24,27)(H,25,29)(H,26,28)/t15-,16+,17-,18-,20-/m1/s1. The molecule has 3 N–H and O–H groups in total. The Morgan fingerprint density at radius 3 is 2.32 bits per heavy atom. The number of fused-ring (bicyclic) bond motifs is 3. The van der Waals surface area contributed by atoms with Gasteiger partial charge in [-0.25, -0.2) is 13.4 Å². The minimum absolute atomic E-state index is 0.00398. The van der Waals surface area contributed by atoms with Gasteiger partial charge in [-0.2, -0.15) is 0 Å². The molecule has 2 aromatic rings. The first-order valence-corrected chi connectivity index (χ1v) is 14.1. The minimum atomic E-state index is -3.82. The van der Waals surface area contributed by atoms with Gasteiger partial charge in [0, 0.05) is 17.3 Å². The van der Waals surface area contributed by atoms with E-state index < -0.39 is 64.1 Å². The molecule has 2 amide bonds. The number of sulfonamides is 1. The molecule has 0 saturated carbocycles. The summed E-state index contributed by atoms with van der Waals surface area (Å²) in [7, 11) is -3.82. The van der Waals surface area contributed by atoms with Gasteiger partial charge in [0.1, 0.15) is 18.3 Å². The summed E-state index contributed by atoms with van der Waals surface area (Å²) in [5.74, 6) is -2.98. The number of nitrogens with one attached hydrogen (secondary N) is 3. The normalized spacial score (nSPS) is 29.2. The van der Waals surface area contributed by atoms with Crippen LogP contribution in [-0.2, 0) is 43.3 Å². The molecule has 0 radical (unpaired) electrons. The molecule has 4 heterocycles. The van der Waals surface area contributed by atoms with E-state index in [9.17, 15) is 18.0 Å². The van der Waals surface area contributed by atoms with Crippen molar-refractivity contribution >= 4 is 44.0 Å². The number of amides is 2.